The van der Waals surface area contributed by atoms with Gasteiger partial charge in [-0.1, -0.05) is 55.5 Å². The molecule has 0 saturated carbocycles. The lowest BCUT2D eigenvalue weighted by Gasteiger charge is -2.38. The van der Waals surface area contributed by atoms with Crippen molar-refractivity contribution < 1.29 is 4.39 Å². The summed E-state index contributed by atoms with van der Waals surface area (Å²) in [5.41, 5.74) is 1.73. The Morgan fingerprint density at radius 2 is 1.66 bits per heavy atom. The van der Waals surface area contributed by atoms with Gasteiger partial charge in [-0.3, -0.25) is 4.90 Å². The van der Waals surface area contributed by atoms with Crippen LogP contribution in [0.3, 0.4) is 0 Å². The van der Waals surface area contributed by atoms with Gasteiger partial charge in [-0.2, -0.15) is 0 Å². The first-order valence-electron chi connectivity index (χ1n) is 9.77. The molecule has 29 heavy (non-hydrogen) atoms. The molecule has 0 spiro atoms. The maximum Gasteiger partial charge on any atom is 0.173 e. The Bertz CT molecular complexity index is 895. The third-order valence-electron chi connectivity index (χ3n) is 5.40. The number of hydrogen-bond acceptors (Lipinski definition) is 5. The van der Waals surface area contributed by atoms with Crippen LogP contribution < -0.4 is 0 Å². The quantitative estimate of drug-likeness (QED) is 0.618. The molecular formula is C21H26ClFN6. The fourth-order valence-corrected chi connectivity index (χ4v) is 3.81. The predicted molar refractivity (Wildman–Crippen MR) is 113 cm³/mol. The average Bonchev–Trinajstić information content (AvgIpc) is 3.18. The van der Waals surface area contributed by atoms with E-state index in [1.165, 1.54) is 6.07 Å². The van der Waals surface area contributed by atoms with Crippen molar-refractivity contribution in [2.24, 2.45) is 0 Å². The van der Waals surface area contributed by atoms with Crippen molar-refractivity contribution in [2.45, 2.75) is 19.5 Å². The Morgan fingerprint density at radius 1 is 0.966 bits per heavy atom. The molecule has 2 aromatic carbocycles. The molecule has 0 amide bonds. The monoisotopic (exact) mass is 416 g/mol. The van der Waals surface area contributed by atoms with Crippen LogP contribution in [-0.4, -0.2) is 62.7 Å². The van der Waals surface area contributed by atoms with Crippen molar-refractivity contribution in [2.75, 3.05) is 32.7 Å². The second-order valence-electron chi connectivity index (χ2n) is 7.07. The van der Waals surface area contributed by atoms with Crippen molar-refractivity contribution in [3.8, 4) is 0 Å². The van der Waals surface area contributed by atoms with Gasteiger partial charge in [0.15, 0.2) is 5.82 Å². The minimum atomic E-state index is -0.307. The summed E-state index contributed by atoms with van der Waals surface area (Å²) in [4.78, 5) is 4.69. The van der Waals surface area contributed by atoms with Crippen LogP contribution in [0.15, 0.2) is 54.6 Å². The van der Waals surface area contributed by atoms with Gasteiger partial charge in [0, 0.05) is 31.7 Å². The lowest BCUT2D eigenvalue weighted by atomic mass is 10.0. The standard InChI is InChI=1S/C21H25FN6.ClH/c1-2-26-12-14-27(15-13-26)20(18-10-6-7-11-19(18)22)21-23-24-25-28(21)16-17-8-4-3-5-9-17;/h3-11,20H,2,12-16H2,1H3;1H. The summed E-state index contributed by atoms with van der Waals surface area (Å²) < 4.78 is 16.6. The SMILES string of the molecule is CCN1CCN(C(c2ccccc2F)c2nnnn2Cc2ccccc2)CC1.Cl. The molecule has 2 heterocycles. The summed E-state index contributed by atoms with van der Waals surface area (Å²) in [5.74, 6) is 0.457. The van der Waals surface area contributed by atoms with Crippen molar-refractivity contribution in [1.29, 1.82) is 0 Å². The van der Waals surface area contributed by atoms with Crippen molar-refractivity contribution in [3.63, 3.8) is 0 Å². The molecule has 0 radical (unpaired) electrons. The number of aromatic nitrogens is 4. The molecule has 1 aromatic heterocycles. The van der Waals surface area contributed by atoms with Gasteiger partial charge in [-0.15, -0.1) is 17.5 Å². The second kappa shape index (κ2) is 9.91. The number of hydrogen-bond donors (Lipinski definition) is 0. The summed E-state index contributed by atoms with van der Waals surface area (Å²) in [5, 5.41) is 12.5. The van der Waals surface area contributed by atoms with Gasteiger partial charge in [-0.05, 0) is 28.6 Å². The number of benzene rings is 2. The maximum atomic E-state index is 14.8. The van der Waals surface area contributed by atoms with E-state index in [0.717, 1.165) is 38.3 Å². The Balaban J connectivity index is 0.00000240. The number of likely N-dealkylation sites (N-methyl/N-ethyl adjacent to an activating group) is 1. The summed E-state index contributed by atoms with van der Waals surface area (Å²) >= 11 is 0. The molecule has 1 fully saturated rings. The van der Waals surface area contributed by atoms with E-state index < -0.39 is 0 Å². The van der Waals surface area contributed by atoms with Crippen molar-refractivity contribution in [3.05, 3.63) is 77.4 Å². The van der Waals surface area contributed by atoms with Crippen LogP contribution in [0, 0.1) is 5.82 Å². The van der Waals surface area contributed by atoms with E-state index >= 15 is 0 Å². The molecule has 8 heteroatoms. The highest BCUT2D eigenvalue weighted by Crippen LogP contribution is 2.30. The van der Waals surface area contributed by atoms with Gasteiger partial charge >= 0.3 is 0 Å². The Morgan fingerprint density at radius 3 is 2.34 bits per heavy atom. The van der Waals surface area contributed by atoms with Crippen molar-refractivity contribution >= 4 is 12.4 Å². The summed E-state index contributed by atoms with van der Waals surface area (Å²) in [7, 11) is 0. The number of rotatable bonds is 6. The highest BCUT2D eigenvalue weighted by molar-refractivity contribution is 5.85. The minimum Gasteiger partial charge on any atom is -0.301 e. The molecular weight excluding hydrogens is 391 g/mol. The normalized spacial score (nSPS) is 16.3. The van der Waals surface area contributed by atoms with Crippen LogP contribution in [0.25, 0.3) is 0 Å². The van der Waals surface area contributed by atoms with Crippen LogP contribution in [0.5, 0.6) is 0 Å². The summed E-state index contributed by atoms with van der Waals surface area (Å²) in [6.07, 6.45) is 0. The number of halogens is 2. The summed E-state index contributed by atoms with van der Waals surface area (Å²) in [6, 6.07) is 16.7. The van der Waals surface area contributed by atoms with Crippen LogP contribution in [-0.2, 0) is 6.54 Å². The Kier molecular flexibility index (Phi) is 7.30. The largest absolute Gasteiger partial charge is 0.301 e. The molecule has 1 unspecified atom stereocenters. The highest BCUT2D eigenvalue weighted by atomic mass is 35.5. The van der Waals surface area contributed by atoms with Gasteiger partial charge in [0.2, 0.25) is 0 Å². The van der Waals surface area contributed by atoms with Gasteiger partial charge in [0.1, 0.15) is 11.9 Å². The number of piperazine rings is 1. The minimum absolute atomic E-state index is 0. The highest BCUT2D eigenvalue weighted by Gasteiger charge is 2.32. The molecule has 3 aromatic rings. The van der Waals surface area contributed by atoms with Crippen LogP contribution in [0.2, 0.25) is 0 Å². The zero-order chi connectivity index (χ0) is 19.3. The molecule has 0 aliphatic carbocycles. The fourth-order valence-electron chi connectivity index (χ4n) is 3.81. The van der Waals surface area contributed by atoms with Gasteiger partial charge < -0.3 is 4.90 Å². The predicted octanol–water partition coefficient (Wildman–Crippen LogP) is 3.01. The molecule has 4 rings (SSSR count). The molecule has 6 nitrogen and oxygen atoms in total. The lowest BCUT2D eigenvalue weighted by molar-refractivity contribution is 0.107. The molecule has 1 aliphatic heterocycles. The van der Waals surface area contributed by atoms with Crippen LogP contribution in [0.1, 0.15) is 29.9 Å². The van der Waals surface area contributed by atoms with E-state index in [2.05, 4.69) is 32.2 Å². The van der Waals surface area contributed by atoms with E-state index in [9.17, 15) is 4.39 Å². The molecule has 154 valence electrons. The first-order chi connectivity index (χ1) is 13.8. The van der Waals surface area contributed by atoms with E-state index in [1.54, 1.807) is 10.7 Å². The first-order valence-corrected chi connectivity index (χ1v) is 9.77. The Hall–Kier alpha value is -2.35. The molecule has 1 saturated heterocycles. The maximum absolute atomic E-state index is 14.8. The Labute approximate surface area is 176 Å². The molecule has 1 atom stereocenters. The topological polar surface area (TPSA) is 50.1 Å². The van der Waals surface area contributed by atoms with Crippen molar-refractivity contribution in [1.82, 2.24) is 30.0 Å². The van der Waals surface area contributed by atoms with E-state index in [-0.39, 0.29) is 24.3 Å². The van der Waals surface area contributed by atoms with Crippen LogP contribution >= 0.6 is 12.4 Å². The average molecular weight is 417 g/mol. The number of tetrazole rings is 1. The number of nitrogens with zero attached hydrogens (tertiary/aromatic N) is 6. The zero-order valence-electron chi connectivity index (χ0n) is 16.5. The molecule has 1 aliphatic rings. The third-order valence-corrected chi connectivity index (χ3v) is 5.40. The van der Waals surface area contributed by atoms with E-state index in [1.807, 2.05) is 42.5 Å². The first kappa shape index (κ1) is 21.4. The smallest absolute Gasteiger partial charge is 0.173 e. The summed E-state index contributed by atoms with van der Waals surface area (Å²) in [6.45, 7) is 7.39. The van der Waals surface area contributed by atoms with E-state index in [4.69, 9.17) is 0 Å². The van der Waals surface area contributed by atoms with Crippen LogP contribution in [0.4, 0.5) is 4.39 Å². The molecule has 0 bridgehead atoms. The second-order valence-corrected chi connectivity index (χ2v) is 7.07. The lowest BCUT2D eigenvalue weighted by Crippen LogP contribution is -2.48. The zero-order valence-corrected chi connectivity index (χ0v) is 17.3. The van der Waals surface area contributed by atoms with Gasteiger partial charge in [-0.25, -0.2) is 9.07 Å². The molecule has 0 N–H and O–H groups in total. The third kappa shape index (κ3) is 4.80. The van der Waals surface area contributed by atoms with Gasteiger partial charge in [0.05, 0.1) is 6.54 Å². The fraction of sp³-hybridized carbons (Fsp3) is 0.381. The van der Waals surface area contributed by atoms with E-state index in [0.29, 0.717) is 17.9 Å². The van der Waals surface area contributed by atoms with Gasteiger partial charge in [0.25, 0.3) is 0 Å².